The average Bonchev–Trinajstić information content (AvgIpc) is 3.43. The first-order chi connectivity index (χ1) is 19.0. The number of carbonyl (C=O) groups excluding carboxylic acids is 2. The van der Waals surface area contributed by atoms with Crippen LogP contribution < -0.4 is 9.47 Å². The third-order valence-corrected chi connectivity index (χ3v) is 6.70. The number of furan rings is 1. The largest absolute Gasteiger partial charge is 0.508 e. The van der Waals surface area contributed by atoms with E-state index in [4.69, 9.17) is 25.5 Å². The standard InChI is InChI=1S/C31H28ClNO7/c1-31(2,3)40-22-8-6-5-7-18(22)16-33-26(17-9-11-21(34)12-10-17)25(28(36)30(33)37)27(35)23-14-19-13-20(32)15-24(38-4)29(19)39-23/h5-15,26,34,36H,16H2,1-4H3. The molecule has 1 unspecified atom stereocenters. The van der Waals surface area contributed by atoms with Crippen molar-refractivity contribution in [3.63, 3.8) is 0 Å². The molecule has 2 heterocycles. The van der Waals surface area contributed by atoms with Gasteiger partial charge < -0.3 is 29.0 Å². The molecule has 0 saturated carbocycles. The van der Waals surface area contributed by atoms with Crippen LogP contribution in [0.15, 0.2) is 82.5 Å². The number of aliphatic hydroxyl groups excluding tert-OH is 1. The number of rotatable bonds is 7. The molecule has 40 heavy (non-hydrogen) atoms. The topological polar surface area (TPSA) is 109 Å². The van der Waals surface area contributed by atoms with Gasteiger partial charge in [-0.1, -0.05) is 41.9 Å². The Labute approximate surface area is 236 Å². The van der Waals surface area contributed by atoms with Crippen LogP contribution in [0.4, 0.5) is 0 Å². The number of carbonyl (C=O) groups is 2. The van der Waals surface area contributed by atoms with Crippen LogP contribution in [0.2, 0.25) is 5.02 Å². The number of aromatic hydroxyl groups is 1. The monoisotopic (exact) mass is 561 g/mol. The molecule has 1 amide bonds. The van der Waals surface area contributed by atoms with E-state index in [0.29, 0.717) is 38.6 Å². The number of phenols is 1. The number of phenolic OH excluding ortho intramolecular Hbond substituents is 1. The van der Waals surface area contributed by atoms with Crippen molar-refractivity contribution in [2.45, 2.75) is 39.0 Å². The highest BCUT2D eigenvalue weighted by Gasteiger charge is 2.45. The minimum absolute atomic E-state index is 0.0193. The lowest BCUT2D eigenvalue weighted by atomic mass is 9.94. The van der Waals surface area contributed by atoms with Crippen molar-refractivity contribution in [2.75, 3.05) is 7.11 Å². The summed E-state index contributed by atoms with van der Waals surface area (Å²) in [4.78, 5) is 28.9. The number of aliphatic hydroxyl groups is 1. The summed E-state index contributed by atoms with van der Waals surface area (Å²) in [5.74, 6) is -1.22. The van der Waals surface area contributed by atoms with Gasteiger partial charge in [0, 0.05) is 22.0 Å². The van der Waals surface area contributed by atoms with E-state index in [-0.39, 0.29) is 23.6 Å². The van der Waals surface area contributed by atoms with Crippen molar-refractivity contribution in [1.82, 2.24) is 4.90 Å². The van der Waals surface area contributed by atoms with Crippen molar-refractivity contribution >= 4 is 34.3 Å². The zero-order valence-electron chi connectivity index (χ0n) is 22.4. The van der Waals surface area contributed by atoms with Crippen molar-refractivity contribution in [1.29, 1.82) is 0 Å². The lowest BCUT2D eigenvalue weighted by Crippen LogP contribution is -2.31. The number of fused-ring (bicyclic) bond motifs is 1. The van der Waals surface area contributed by atoms with Crippen molar-refractivity contribution in [3.05, 3.63) is 100.0 Å². The predicted octanol–water partition coefficient (Wildman–Crippen LogP) is 6.76. The van der Waals surface area contributed by atoms with Gasteiger partial charge in [0.1, 0.15) is 17.1 Å². The Balaban J connectivity index is 1.60. The van der Waals surface area contributed by atoms with Crippen LogP contribution in [-0.2, 0) is 11.3 Å². The van der Waals surface area contributed by atoms with E-state index < -0.39 is 29.1 Å². The van der Waals surface area contributed by atoms with Gasteiger partial charge in [0.25, 0.3) is 5.91 Å². The van der Waals surface area contributed by atoms with Gasteiger partial charge in [0.05, 0.1) is 25.3 Å². The highest BCUT2D eigenvalue weighted by Crippen LogP contribution is 2.42. The molecular weight excluding hydrogens is 534 g/mol. The number of amides is 1. The van der Waals surface area contributed by atoms with Crippen molar-refractivity contribution < 1.29 is 33.7 Å². The van der Waals surface area contributed by atoms with Gasteiger partial charge in [-0.15, -0.1) is 0 Å². The van der Waals surface area contributed by atoms with Gasteiger partial charge in [0.15, 0.2) is 22.9 Å². The summed E-state index contributed by atoms with van der Waals surface area (Å²) in [6.07, 6.45) is 0. The molecule has 0 spiro atoms. The molecule has 2 N–H and O–H groups in total. The summed E-state index contributed by atoms with van der Waals surface area (Å²) in [6, 6.07) is 17.1. The fraction of sp³-hybridized carbons (Fsp3) is 0.226. The van der Waals surface area contributed by atoms with E-state index in [2.05, 4.69) is 0 Å². The Bertz CT molecular complexity index is 1650. The molecule has 9 heteroatoms. The summed E-state index contributed by atoms with van der Waals surface area (Å²) < 4.78 is 17.3. The Hall–Kier alpha value is -4.43. The Kier molecular flexibility index (Phi) is 6.98. The number of benzene rings is 3. The van der Waals surface area contributed by atoms with E-state index in [1.807, 2.05) is 45.0 Å². The molecule has 5 rings (SSSR count). The molecule has 1 aliphatic rings. The maximum atomic E-state index is 13.9. The summed E-state index contributed by atoms with van der Waals surface area (Å²) in [6.45, 7) is 5.80. The van der Waals surface area contributed by atoms with Crippen LogP contribution in [0.25, 0.3) is 11.0 Å². The molecule has 3 aromatic carbocycles. The average molecular weight is 562 g/mol. The van der Waals surface area contributed by atoms with E-state index in [1.54, 1.807) is 24.3 Å². The molecule has 0 fully saturated rings. The summed E-state index contributed by atoms with van der Waals surface area (Å²) >= 11 is 6.19. The van der Waals surface area contributed by atoms with Gasteiger partial charge >= 0.3 is 0 Å². The van der Waals surface area contributed by atoms with Crippen LogP contribution >= 0.6 is 11.6 Å². The lowest BCUT2D eigenvalue weighted by Gasteiger charge is -2.29. The van der Waals surface area contributed by atoms with Crippen LogP contribution in [0.1, 0.15) is 48.5 Å². The second-order valence-corrected chi connectivity index (χ2v) is 10.9. The molecule has 0 bridgehead atoms. The summed E-state index contributed by atoms with van der Waals surface area (Å²) in [7, 11) is 1.46. The quantitative estimate of drug-likeness (QED) is 0.240. The van der Waals surface area contributed by atoms with Gasteiger partial charge in [0.2, 0.25) is 5.78 Å². The lowest BCUT2D eigenvalue weighted by molar-refractivity contribution is -0.130. The van der Waals surface area contributed by atoms with Crippen LogP contribution in [0.5, 0.6) is 17.2 Å². The third kappa shape index (κ3) is 5.10. The van der Waals surface area contributed by atoms with E-state index in [9.17, 15) is 19.8 Å². The molecule has 0 saturated heterocycles. The number of methoxy groups -OCH3 is 1. The number of Topliss-reactive ketones (excluding diaryl/α,β-unsaturated/α-hetero) is 1. The smallest absolute Gasteiger partial charge is 0.290 e. The van der Waals surface area contributed by atoms with Gasteiger partial charge in [-0.25, -0.2) is 0 Å². The number of ether oxygens (including phenoxy) is 2. The molecule has 206 valence electrons. The molecular formula is C31H28ClNO7. The number of ketones is 1. The van der Waals surface area contributed by atoms with E-state index in [1.165, 1.54) is 30.2 Å². The molecule has 1 atom stereocenters. The Morgan fingerprint density at radius 1 is 1.02 bits per heavy atom. The highest BCUT2D eigenvalue weighted by atomic mass is 35.5. The second-order valence-electron chi connectivity index (χ2n) is 10.5. The number of halogens is 1. The Morgan fingerprint density at radius 3 is 2.40 bits per heavy atom. The molecule has 4 aromatic rings. The number of hydrogen-bond donors (Lipinski definition) is 2. The first kappa shape index (κ1) is 27.1. The van der Waals surface area contributed by atoms with Gasteiger partial charge in [-0.2, -0.15) is 0 Å². The van der Waals surface area contributed by atoms with Gasteiger partial charge in [-0.3, -0.25) is 9.59 Å². The predicted molar refractivity (Wildman–Crippen MR) is 150 cm³/mol. The molecule has 8 nitrogen and oxygen atoms in total. The third-order valence-electron chi connectivity index (χ3n) is 6.48. The Morgan fingerprint density at radius 2 is 1.73 bits per heavy atom. The minimum atomic E-state index is -0.970. The number of para-hydroxylation sites is 1. The van der Waals surface area contributed by atoms with Crippen LogP contribution in [0, 0.1) is 0 Å². The normalized spacial score (nSPS) is 15.7. The maximum absolute atomic E-state index is 13.9. The van der Waals surface area contributed by atoms with E-state index in [0.717, 1.165) is 0 Å². The minimum Gasteiger partial charge on any atom is -0.508 e. The number of nitrogens with zero attached hydrogens (tertiary/aromatic N) is 1. The zero-order valence-corrected chi connectivity index (χ0v) is 23.2. The fourth-order valence-electron chi connectivity index (χ4n) is 4.78. The first-order valence-electron chi connectivity index (χ1n) is 12.6. The summed E-state index contributed by atoms with van der Waals surface area (Å²) in [5.41, 5.74) is 0.887. The van der Waals surface area contributed by atoms with Crippen molar-refractivity contribution in [2.24, 2.45) is 0 Å². The maximum Gasteiger partial charge on any atom is 0.290 e. The van der Waals surface area contributed by atoms with Crippen molar-refractivity contribution in [3.8, 4) is 17.2 Å². The van der Waals surface area contributed by atoms with Crippen LogP contribution in [0.3, 0.4) is 0 Å². The molecule has 0 radical (unpaired) electrons. The zero-order chi connectivity index (χ0) is 28.8. The fourth-order valence-corrected chi connectivity index (χ4v) is 5.00. The number of hydrogen-bond acceptors (Lipinski definition) is 7. The SMILES string of the molecule is COc1cc(Cl)cc2cc(C(=O)C3=C(O)C(=O)N(Cc4ccccc4OC(C)(C)C)C3c3ccc(O)cc3)oc12. The van der Waals surface area contributed by atoms with Crippen LogP contribution in [-0.4, -0.2) is 39.5 Å². The first-order valence-corrected chi connectivity index (χ1v) is 13.0. The van der Waals surface area contributed by atoms with E-state index >= 15 is 0 Å². The highest BCUT2D eigenvalue weighted by molar-refractivity contribution is 6.31. The second kappa shape index (κ2) is 10.3. The molecule has 0 aliphatic carbocycles. The molecule has 1 aliphatic heterocycles. The molecule has 1 aromatic heterocycles. The summed E-state index contributed by atoms with van der Waals surface area (Å²) in [5, 5.41) is 21.9. The van der Waals surface area contributed by atoms with Gasteiger partial charge in [-0.05, 0) is 56.7 Å².